The van der Waals surface area contributed by atoms with Gasteiger partial charge in [-0.2, -0.15) is 4.98 Å². The molecule has 0 unspecified atom stereocenters. The number of aliphatic imine (C=N–C) groups is 1. The third-order valence-electron chi connectivity index (χ3n) is 4.88. The van der Waals surface area contributed by atoms with Crippen LogP contribution < -0.4 is 10.6 Å². The summed E-state index contributed by atoms with van der Waals surface area (Å²) in [6.07, 6.45) is 7.02. The van der Waals surface area contributed by atoms with E-state index < -0.39 is 0 Å². The van der Waals surface area contributed by atoms with Crippen molar-refractivity contribution in [2.45, 2.75) is 65.2 Å². The van der Waals surface area contributed by atoms with Crippen molar-refractivity contribution in [3.8, 4) is 0 Å². The van der Waals surface area contributed by atoms with Gasteiger partial charge in [-0.05, 0) is 31.1 Å². The first-order valence-electron chi connectivity index (χ1n) is 8.85. The van der Waals surface area contributed by atoms with Crippen LogP contribution in [-0.2, 0) is 6.42 Å². The minimum Gasteiger partial charge on any atom is -0.356 e. The summed E-state index contributed by atoms with van der Waals surface area (Å²) in [6, 6.07) is 0. The molecule has 1 aliphatic rings. The lowest BCUT2D eigenvalue weighted by Crippen LogP contribution is -2.46. The summed E-state index contributed by atoms with van der Waals surface area (Å²) in [5.74, 6) is 2.71. The fraction of sp³-hybridized carbons (Fsp3) is 0.824. The minimum atomic E-state index is 0. The molecule has 0 spiro atoms. The van der Waals surface area contributed by atoms with E-state index in [0.717, 1.165) is 43.6 Å². The molecule has 24 heavy (non-hydrogen) atoms. The second-order valence-corrected chi connectivity index (χ2v) is 6.86. The highest BCUT2D eigenvalue weighted by Gasteiger charge is 2.34. The van der Waals surface area contributed by atoms with Crippen LogP contribution in [0.2, 0.25) is 0 Å². The van der Waals surface area contributed by atoms with Crippen molar-refractivity contribution in [3.05, 3.63) is 11.7 Å². The van der Waals surface area contributed by atoms with Gasteiger partial charge in [0.25, 0.3) is 0 Å². The van der Waals surface area contributed by atoms with Gasteiger partial charge < -0.3 is 15.2 Å². The van der Waals surface area contributed by atoms with E-state index in [1.54, 1.807) is 0 Å². The van der Waals surface area contributed by atoms with Crippen LogP contribution in [-0.4, -0.2) is 36.2 Å². The fourth-order valence-electron chi connectivity index (χ4n) is 2.87. The molecule has 1 aromatic heterocycles. The molecule has 1 aliphatic carbocycles. The lowest BCUT2D eigenvalue weighted by atomic mass is 9.67. The Morgan fingerprint density at radius 1 is 1.33 bits per heavy atom. The normalized spacial score (nSPS) is 16.5. The molecule has 1 aromatic rings. The molecule has 0 amide bonds. The molecule has 2 N–H and O–H groups in total. The first-order valence-corrected chi connectivity index (χ1v) is 8.85. The Morgan fingerprint density at radius 3 is 2.58 bits per heavy atom. The van der Waals surface area contributed by atoms with E-state index >= 15 is 0 Å². The van der Waals surface area contributed by atoms with Gasteiger partial charge in [0, 0.05) is 32.5 Å². The standard InChI is InChI=1S/C17H31N5O.HI/c1-5-17(9-7-10-17)12-20-16(18-4)19-11-6-8-14-21-15(13(2)3)22-23-14;/h13H,5-12H2,1-4H3,(H2,18,19,20);1H. The third-order valence-corrected chi connectivity index (χ3v) is 4.88. The van der Waals surface area contributed by atoms with Crippen molar-refractivity contribution in [3.63, 3.8) is 0 Å². The van der Waals surface area contributed by atoms with E-state index in [-0.39, 0.29) is 24.0 Å². The zero-order valence-electron chi connectivity index (χ0n) is 15.4. The van der Waals surface area contributed by atoms with Crippen molar-refractivity contribution in [1.29, 1.82) is 0 Å². The van der Waals surface area contributed by atoms with Gasteiger partial charge in [-0.25, -0.2) is 0 Å². The molecule has 1 heterocycles. The number of halogens is 1. The Balaban J connectivity index is 0.00000288. The lowest BCUT2D eigenvalue weighted by Gasteiger charge is -2.41. The number of hydrogen-bond donors (Lipinski definition) is 2. The summed E-state index contributed by atoms with van der Waals surface area (Å²) in [5.41, 5.74) is 0.495. The molecule has 2 rings (SSSR count). The van der Waals surface area contributed by atoms with Gasteiger partial charge in [0.1, 0.15) is 0 Å². The van der Waals surface area contributed by atoms with Crippen LogP contribution in [0.25, 0.3) is 0 Å². The number of nitrogens with zero attached hydrogens (tertiary/aromatic N) is 3. The smallest absolute Gasteiger partial charge is 0.226 e. The van der Waals surface area contributed by atoms with Crippen molar-refractivity contribution >= 4 is 29.9 Å². The first-order chi connectivity index (χ1) is 11.1. The van der Waals surface area contributed by atoms with Gasteiger partial charge in [-0.1, -0.05) is 32.3 Å². The summed E-state index contributed by atoms with van der Waals surface area (Å²) in [4.78, 5) is 8.69. The molecular formula is C17H32IN5O. The van der Waals surface area contributed by atoms with Crippen LogP contribution in [0.5, 0.6) is 0 Å². The average molecular weight is 449 g/mol. The second kappa shape index (κ2) is 10.2. The molecular weight excluding hydrogens is 417 g/mol. The van der Waals surface area contributed by atoms with Crippen molar-refractivity contribution in [1.82, 2.24) is 20.8 Å². The van der Waals surface area contributed by atoms with Crippen LogP contribution in [0.3, 0.4) is 0 Å². The van der Waals surface area contributed by atoms with E-state index in [0.29, 0.717) is 11.3 Å². The molecule has 0 bridgehead atoms. The molecule has 0 atom stereocenters. The van der Waals surface area contributed by atoms with Crippen molar-refractivity contribution < 1.29 is 4.52 Å². The Bertz CT molecular complexity index is 505. The zero-order valence-corrected chi connectivity index (χ0v) is 17.7. The molecule has 7 heteroatoms. The van der Waals surface area contributed by atoms with Crippen LogP contribution >= 0.6 is 24.0 Å². The van der Waals surface area contributed by atoms with Gasteiger partial charge in [0.05, 0.1) is 0 Å². The monoisotopic (exact) mass is 449 g/mol. The summed E-state index contributed by atoms with van der Waals surface area (Å²) < 4.78 is 5.25. The third kappa shape index (κ3) is 5.89. The minimum absolute atomic E-state index is 0. The van der Waals surface area contributed by atoms with Crippen LogP contribution in [0.15, 0.2) is 9.52 Å². The molecule has 138 valence electrons. The summed E-state index contributed by atoms with van der Waals surface area (Å²) in [7, 11) is 1.82. The predicted molar refractivity (Wildman–Crippen MR) is 108 cm³/mol. The summed E-state index contributed by atoms with van der Waals surface area (Å²) >= 11 is 0. The van der Waals surface area contributed by atoms with E-state index in [1.807, 2.05) is 7.05 Å². The number of aromatic nitrogens is 2. The Labute approximate surface area is 162 Å². The van der Waals surface area contributed by atoms with Crippen molar-refractivity contribution in [2.24, 2.45) is 10.4 Å². The maximum absolute atomic E-state index is 5.25. The predicted octanol–water partition coefficient (Wildman–Crippen LogP) is 3.49. The molecule has 6 nitrogen and oxygen atoms in total. The second-order valence-electron chi connectivity index (χ2n) is 6.86. The highest BCUT2D eigenvalue weighted by atomic mass is 127. The van der Waals surface area contributed by atoms with Gasteiger partial charge >= 0.3 is 0 Å². The zero-order chi connectivity index (χ0) is 16.7. The molecule has 0 aromatic carbocycles. The largest absolute Gasteiger partial charge is 0.356 e. The molecule has 0 radical (unpaired) electrons. The quantitative estimate of drug-likeness (QED) is 0.275. The Morgan fingerprint density at radius 2 is 2.08 bits per heavy atom. The number of rotatable bonds is 8. The average Bonchev–Trinajstić information content (AvgIpc) is 2.97. The molecule has 1 fully saturated rings. The summed E-state index contributed by atoms with van der Waals surface area (Å²) in [5, 5.41) is 10.8. The first kappa shape index (κ1) is 21.2. The van der Waals surface area contributed by atoms with E-state index in [4.69, 9.17) is 4.52 Å². The van der Waals surface area contributed by atoms with E-state index in [2.05, 4.69) is 46.5 Å². The van der Waals surface area contributed by atoms with Gasteiger partial charge in [0.15, 0.2) is 11.8 Å². The number of hydrogen-bond acceptors (Lipinski definition) is 4. The maximum Gasteiger partial charge on any atom is 0.226 e. The van der Waals surface area contributed by atoms with Crippen LogP contribution in [0.1, 0.15) is 70.5 Å². The molecule has 0 aliphatic heterocycles. The van der Waals surface area contributed by atoms with E-state index in [1.165, 1.54) is 25.7 Å². The highest BCUT2D eigenvalue weighted by molar-refractivity contribution is 14.0. The highest BCUT2D eigenvalue weighted by Crippen LogP contribution is 2.42. The lowest BCUT2D eigenvalue weighted by molar-refractivity contribution is 0.131. The van der Waals surface area contributed by atoms with Crippen LogP contribution in [0.4, 0.5) is 0 Å². The molecule has 1 saturated carbocycles. The fourth-order valence-corrected chi connectivity index (χ4v) is 2.87. The van der Waals surface area contributed by atoms with Gasteiger partial charge in [-0.15, -0.1) is 24.0 Å². The van der Waals surface area contributed by atoms with E-state index in [9.17, 15) is 0 Å². The Kier molecular flexibility index (Phi) is 9.01. The summed E-state index contributed by atoms with van der Waals surface area (Å²) in [6.45, 7) is 8.28. The number of guanidine groups is 1. The SMILES string of the molecule is CCC1(CNC(=NC)NCCCc2nc(C(C)C)no2)CCC1.I. The topological polar surface area (TPSA) is 75.3 Å². The van der Waals surface area contributed by atoms with Gasteiger partial charge in [-0.3, -0.25) is 4.99 Å². The van der Waals surface area contributed by atoms with Gasteiger partial charge in [0.2, 0.25) is 5.89 Å². The van der Waals surface area contributed by atoms with Crippen LogP contribution in [0, 0.1) is 5.41 Å². The number of nitrogens with one attached hydrogen (secondary N) is 2. The van der Waals surface area contributed by atoms with Crippen molar-refractivity contribution in [2.75, 3.05) is 20.1 Å². The number of aryl methyl sites for hydroxylation is 1. The Hall–Kier alpha value is -0.860. The molecule has 0 saturated heterocycles. The maximum atomic E-state index is 5.25.